The van der Waals surface area contributed by atoms with Crippen molar-refractivity contribution < 1.29 is 13.2 Å². The van der Waals surface area contributed by atoms with E-state index in [9.17, 15) is 13.2 Å². The van der Waals surface area contributed by atoms with Gasteiger partial charge >= 0.3 is 6.18 Å². The van der Waals surface area contributed by atoms with E-state index in [1.807, 2.05) is 0 Å². The number of halogens is 4. The molecule has 0 saturated carbocycles. The van der Waals surface area contributed by atoms with E-state index < -0.39 is 12.1 Å². The van der Waals surface area contributed by atoms with E-state index in [0.717, 1.165) is 6.92 Å². The Bertz CT molecular complexity index is 335. The summed E-state index contributed by atoms with van der Waals surface area (Å²) in [7, 11) is 0. The van der Waals surface area contributed by atoms with Crippen LogP contribution in [-0.4, -0.2) is 11.2 Å². The van der Waals surface area contributed by atoms with E-state index in [1.165, 1.54) is 6.20 Å². The van der Waals surface area contributed by atoms with E-state index in [2.05, 4.69) is 20.9 Å². The summed E-state index contributed by atoms with van der Waals surface area (Å²) >= 11 is 3.10. The topological polar surface area (TPSA) is 12.9 Å². The van der Waals surface area contributed by atoms with Crippen LogP contribution in [-0.2, 0) is 0 Å². The van der Waals surface area contributed by atoms with Gasteiger partial charge in [-0.25, -0.2) is 4.98 Å². The molecule has 0 amide bonds. The van der Waals surface area contributed by atoms with E-state index >= 15 is 0 Å². The molecule has 5 heteroatoms. The fourth-order valence-corrected chi connectivity index (χ4v) is 1.61. The van der Waals surface area contributed by atoms with Crippen LogP contribution in [0.5, 0.6) is 0 Å². The summed E-state index contributed by atoms with van der Waals surface area (Å²) in [5.41, 5.74) is 0.817. The average Bonchev–Trinajstić information content (AvgIpc) is 2.01. The van der Waals surface area contributed by atoms with Crippen molar-refractivity contribution in [2.75, 3.05) is 0 Å². The normalized spacial score (nSPS) is 14.1. The molecular weight excluding hydrogens is 259 g/mol. The Morgan fingerprint density at radius 2 is 2.00 bits per heavy atom. The summed E-state index contributed by atoms with van der Waals surface area (Å²) in [6.07, 6.45) is -2.95. The second kappa shape index (κ2) is 3.88. The Morgan fingerprint density at radius 1 is 1.43 bits per heavy atom. The third kappa shape index (κ3) is 2.47. The number of pyridine rings is 1. The van der Waals surface area contributed by atoms with Crippen LogP contribution in [0.15, 0.2) is 16.9 Å². The van der Waals surface area contributed by atoms with E-state index in [-0.39, 0.29) is 5.56 Å². The van der Waals surface area contributed by atoms with Gasteiger partial charge < -0.3 is 0 Å². The van der Waals surface area contributed by atoms with Crippen molar-refractivity contribution >= 4 is 15.9 Å². The molecule has 0 saturated heterocycles. The monoisotopic (exact) mass is 267 g/mol. The summed E-state index contributed by atoms with van der Waals surface area (Å²) < 4.78 is 37.7. The molecule has 78 valence electrons. The molecule has 0 spiro atoms. The summed E-state index contributed by atoms with van der Waals surface area (Å²) in [5, 5.41) is 0. The summed E-state index contributed by atoms with van der Waals surface area (Å²) in [6, 6.07) is 1.58. The molecule has 1 rings (SSSR count). The fraction of sp³-hybridized carbons (Fsp3) is 0.444. The summed E-state index contributed by atoms with van der Waals surface area (Å²) in [5.74, 6) is -1.47. The van der Waals surface area contributed by atoms with Gasteiger partial charge in [0.15, 0.2) is 0 Å². The van der Waals surface area contributed by atoms with Crippen molar-refractivity contribution in [3.05, 3.63) is 28.0 Å². The highest BCUT2D eigenvalue weighted by atomic mass is 79.9. The van der Waals surface area contributed by atoms with Crippen molar-refractivity contribution in [3.63, 3.8) is 0 Å². The highest BCUT2D eigenvalue weighted by Crippen LogP contribution is 2.35. The van der Waals surface area contributed by atoms with Crippen molar-refractivity contribution in [3.8, 4) is 0 Å². The van der Waals surface area contributed by atoms with Gasteiger partial charge in [0.25, 0.3) is 0 Å². The highest BCUT2D eigenvalue weighted by molar-refractivity contribution is 9.10. The van der Waals surface area contributed by atoms with Crippen LogP contribution in [0.25, 0.3) is 0 Å². The Hall–Kier alpha value is -0.580. The van der Waals surface area contributed by atoms with Gasteiger partial charge in [-0.1, -0.05) is 0 Å². The first-order chi connectivity index (χ1) is 6.32. The molecule has 1 nitrogen and oxygen atoms in total. The maximum Gasteiger partial charge on any atom is 0.395 e. The minimum Gasteiger partial charge on any atom is -0.249 e. The van der Waals surface area contributed by atoms with Crippen LogP contribution in [0.2, 0.25) is 0 Å². The number of nitrogens with zero attached hydrogens (tertiary/aromatic N) is 1. The zero-order valence-electron chi connectivity index (χ0n) is 7.69. The Balaban J connectivity index is 3.08. The predicted molar refractivity (Wildman–Crippen MR) is 51.1 cm³/mol. The van der Waals surface area contributed by atoms with Gasteiger partial charge in [-0.05, 0) is 47.0 Å². The molecule has 0 aliphatic carbocycles. The molecule has 1 aromatic rings. The summed E-state index contributed by atoms with van der Waals surface area (Å²) in [4.78, 5) is 3.79. The number of aryl methyl sites for hydroxylation is 1. The predicted octanol–water partition coefficient (Wildman–Crippen LogP) is 3.82. The molecule has 14 heavy (non-hydrogen) atoms. The first-order valence-electron chi connectivity index (χ1n) is 4.01. The largest absolute Gasteiger partial charge is 0.395 e. The van der Waals surface area contributed by atoms with E-state index in [4.69, 9.17) is 0 Å². The van der Waals surface area contributed by atoms with Crippen LogP contribution in [0.4, 0.5) is 13.2 Å². The number of hydrogen-bond acceptors (Lipinski definition) is 1. The van der Waals surface area contributed by atoms with Crippen LogP contribution in [0.1, 0.15) is 24.0 Å². The molecule has 0 radical (unpaired) electrons. The fourth-order valence-electron chi connectivity index (χ4n) is 1.16. The molecule has 0 aliphatic heterocycles. The minimum absolute atomic E-state index is 0.223. The Morgan fingerprint density at radius 3 is 2.43 bits per heavy atom. The van der Waals surface area contributed by atoms with Crippen LogP contribution in [0.3, 0.4) is 0 Å². The molecule has 0 N–H and O–H groups in total. The lowest BCUT2D eigenvalue weighted by molar-refractivity contribution is -0.146. The molecule has 0 aromatic carbocycles. The minimum atomic E-state index is -4.21. The SMILES string of the molecule is Cc1cc(Br)ncc1C(C)C(F)(F)F. The Labute approximate surface area is 88.5 Å². The molecule has 1 heterocycles. The van der Waals surface area contributed by atoms with Crippen molar-refractivity contribution in [1.82, 2.24) is 4.98 Å². The molecular formula is C9H9BrF3N. The van der Waals surface area contributed by atoms with Gasteiger partial charge in [0.05, 0.1) is 5.92 Å². The smallest absolute Gasteiger partial charge is 0.249 e. The highest BCUT2D eigenvalue weighted by Gasteiger charge is 2.37. The Kier molecular flexibility index (Phi) is 3.19. The summed E-state index contributed by atoms with van der Waals surface area (Å²) in [6.45, 7) is 2.78. The first kappa shape index (κ1) is 11.5. The third-order valence-corrected chi connectivity index (χ3v) is 2.51. The molecule has 1 unspecified atom stereocenters. The zero-order chi connectivity index (χ0) is 10.9. The van der Waals surface area contributed by atoms with Gasteiger partial charge in [-0.15, -0.1) is 0 Å². The number of rotatable bonds is 1. The average molecular weight is 268 g/mol. The third-order valence-electron chi connectivity index (χ3n) is 2.08. The second-order valence-electron chi connectivity index (χ2n) is 3.13. The van der Waals surface area contributed by atoms with Crippen molar-refractivity contribution in [2.24, 2.45) is 0 Å². The van der Waals surface area contributed by atoms with Crippen molar-refractivity contribution in [2.45, 2.75) is 25.9 Å². The first-order valence-corrected chi connectivity index (χ1v) is 4.80. The van der Waals surface area contributed by atoms with Gasteiger partial charge in [0.1, 0.15) is 4.60 Å². The maximum absolute atomic E-state index is 12.4. The van der Waals surface area contributed by atoms with Crippen LogP contribution >= 0.6 is 15.9 Å². The number of aromatic nitrogens is 1. The van der Waals surface area contributed by atoms with Gasteiger partial charge in [-0.2, -0.15) is 13.2 Å². The molecule has 1 aromatic heterocycles. The lowest BCUT2D eigenvalue weighted by Crippen LogP contribution is -2.18. The van der Waals surface area contributed by atoms with E-state index in [1.54, 1.807) is 13.0 Å². The molecule has 1 atom stereocenters. The lowest BCUT2D eigenvalue weighted by atomic mass is 9.98. The van der Waals surface area contributed by atoms with Gasteiger partial charge in [-0.3, -0.25) is 0 Å². The molecule has 0 bridgehead atoms. The standard InChI is InChI=1S/C9H9BrF3N/c1-5-3-8(10)14-4-7(5)6(2)9(11,12)13/h3-4,6H,1-2H3. The molecule has 0 aliphatic rings. The second-order valence-corrected chi connectivity index (χ2v) is 3.94. The molecule has 0 fully saturated rings. The van der Waals surface area contributed by atoms with Crippen LogP contribution < -0.4 is 0 Å². The quantitative estimate of drug-likeness (QED) is 0.705. The lowest BCUT2D eigenvalue weighted by Gasteiger charge is -2.17. The van der Waals surface area contributed by atoms with Gasteiger partial charge in [0.2, 0.25) is 0 Å². The van der Waals surface area contributed by atoms with Crippen LogP contribution in [0, 0.1) is 6.92 Å². The zero-order valence-corrected chi connectivity index (χ0v) is 9.28. The van der Waals surface area contributed by atoms with Gasteiger partial charge in [0, 0.05) is 6.20 Å². The van der Waals surface area contributed by atoms with E-state index in [0.29, 0.717) is 10.2 Å². The van der Waals surface area contributed by atoms with Crippen molar-refractivity contribution in [1.29, 1.82) is 0 Å². The maximum atomic E-state index is 12.4. The number of hydrogen-bond donors (Lipinski definition) is 0. The number of alkyl halides is 3.